The van der Waals surface area contributed by atoms with E-state index in [-0.39, 0.29) is 11.4 Å². The normalized spacial score (nSPS) is 14.0. The molecule has 0 aliphatic carbocycles. The van der Waals surface area contributed by atoms with Gasteiger partial charge >= 0.3 is 0 Å². The summed E-state index contributed by atoms with van der Waals surface area (Å²) < 4.78 is 0. The molecule has 7 nitrogen and oxygen atoms in total. The Bertz CT molecular complexity index is 923. The van der Waals surface area contributed by atoms with Crippen molar-refractivity contribution in [1.82, 2.24) is 0 Å². The summed E-state index contributed by atoms with van der Waals surface area (Å²) in [6.07, 6.45) is 0. The third-order valence-electron chi connectivity index (χ3n) is 4.47. The maximum atomic E-state index is 11.2. The molecule has 0 spiro atoms. The second-order valence-corrected chi connectivity index (χ2v) is 7.23. The lowest BCUT2D eigenvalue weighted by molar-refractivity contribution is -0.394. The molecule has 134 valence electrons. The van der Waals surface area contributed by atoms with Crippen molar-refractivity contribution < 1.29 is 9.85 Å². The molecule has 2 aromatic carbocycles. The van der Waals surface area contributed by atoms with E-state index in [2.05, 4.69) is 11.8 Å². The second-order valence-electron chi connectivity index (χ2n) is 6.07. The number of hydrogen-bond donors (Lipinski definition) is 0. The Balaban J connectivity index is 2.24. The number of benzene rings is 2. The lowest BCUT2D eigenvalue weighted by atomic mass is 9.98. The fraction of sp³-hybridized carbons (Fsp3) is 0.222. The molecule has 0 radical (unpaired) electrons. The van der Waals surface area contributed by atoms with Gasteiger partial charge in [-0.1, -0.05) is 18.2 Å². The first-order chi connectivity index (χ1) is 12.3. The van der Waals surface area contributed by atoms with Crippen molar-refractivity contribution in [3.63, 3.8) is 0 Å². The van der Waals surface area contributed by atoms with Crippen LogP contribution in [0.25, 0.3) is 11.1 Å². The summed E-state index contributed by atoms with van der Waals surface area (Å²) in [5, 5.41) is 22.4. The van der Waals surface area contributed by atoms with Gasteiger partial charge in [0.15, 0.2) is 0 Å². The predicted octanol–water partition coefficient (Wildman–Crippen LogP) is 5.24. The van der Waals surface area contributed by atoms with Crippen LogP contribution >= 0.6 is 11.8 Å². The topological polar surface area (TPSA) is 89.5 Å². The summed E-state index contributed by atoms with van der Waals surface area (Å²) in [5.74, 6) is 0.743. The Labute approximate surface area is 154 Å². The minimum absolute atomic E-state index is 0.291. The van der Waals surface area contributed by atoms with Crippen molar-refractivity contribution >= 4 is 28.8 Å². The Hall–Kier alpha value is -2.87. The van der Waals surface area contributed by atoms with Gasteiger partial charge < -0.3 is 4.90 Å². The molecule has 0 N–H and O–H groups in total. The van der Waals surface area contributed by atoms with Crippen LogP contribution in [0.2, 0.25) is 0 Å². The Morgan fingerprint density at radius 2 is 1.62 bits per heavy atom. The standard InChI is InChI=1S/C18H17N3O4S/c1-11-5-4-6-17(18(11)19-10-26-13(3)12(19)2)14-7-15(20(22)23)9-16(8-14)21(24)25/h4-9H,10H2,1-3H3. The predicted molar refractivity (Wildman–Crippen MR) is 103 cm³/mol. The van der Waals surface area contributed by atoms with Gasteiger partial charge in [0.05, 0.1) is 27.5 Å². The number of thioether (sulfide) groups is 1. The fourth-order valence-electron chi connectivity index (χ4n) is 3.00. The van der Waals surface area contributed by atoms with Crippen molar-refractivity contribution in [1.29, 1.82) is 0 Å². The second kappa shape index (κ2) is 6.80. The SMILES string of the molecule is CC1=C(C)N(c2c(C)cccc2-c2cc([N+](=O)[O-])cc([N+](=O)[O-])c2)CS1. The molecule has 0 atom stereocenters. The first-order valence-electron chi connectivity index (χ1n) is 7.91. The van der Waals surface area contributed by atoms with E-state index in [1.54, 1.807) is 11.8 Å². The van der Waals surface area contributed by atoms with Crippen LogP contribution in [0.5, 0.6) is 0 Å². The van der Waals surface area contributed by atoms with Gasteiger partial charge in [-0.3, -0.25) is 20.2 Å². The van der Waals surface area contributed by atoms with Crippen molar-refractivity contribution in [2.24, 2.45) is 0 Å². The van der Waals surface area contributed by atoms with Crippen LogP contribution in [-0.2, 0) is 0 Å². The number of aryl methyl sites for hydroxylation is 1. The number of rotatable bonds is 4. The fourth-order valence-corrected chi connectivity index (χ4v) is 3.96. The van der Waals surface area contributed by atoms with Crippen LogP contribution in [0.4, 0.5) is 17.1 Å². The highest BCUT2D eigenvalue weighted by atomic mass is 32.2. The highest BCUT2D eigenvalue weighted by Crippen LogP contribution is 2.43. The van der Waals surface area contributed by atoms with Crippen molar-refractivity contribution in [3.05, 3.63) is 72.8 Å². The molecule has 1 aliphatic rings. The van der Waals surface area contributed by atoms with Crippen molar-refractivity contribution in [3.8, 4) is 11.1 Å². The van der Waals surface area contributed by atoms with E-state index in [1.165, 1.54) is 17.0 Å². The highest BCUT2D eigenvalue weighted by molar-refractivity contribution is 8.03. The summed E-state index contributed by atoms with van der Waals surface area (Å²) in [5.41, 5.74) is 3.67. The van der Waals surface area contributed by atoms with E-state index in [0.717, 1.165) is 34.5 Å². The molecule has 0 bridgehead atoms. The number of nitrogens with zero attached hydrogens (tertiary/aromatic N) is 3. The third kappa shape index (κ3) is 3.15. The molecule has 0 aromatic heterocycles. The van der Waals surface area contributed by atoms with Gasteiger partial charge in [0, 0.05) is 28.3 Å². The number of anilines is 1. The molecule has 0 unspecified atom stereocenters. The summed E-state index contributed by atoms with van der Waals surface area (Å²) >= 11 is 1.73. The Morgan fingerprint density at radius 1 is 1.00 bits per heavy atom. The molecule has 8 heteroatoms. The number of nitro benzene ring substituents is 2. The first-order valence-corrected chi connectivity index (χ1v) is 8.90. The lowest BCUT2D eigenvalue weighted by Gasteiger charge is -2.25. The summed E-state index contributed by atoms with van der Waals surface area (Å²) in [4.78, 5) is 24.6. The average molecular weight is 371 g/mol. The quantitative estimate of drug-likeness (QED) is 0.539. The smallest absolute Gasteiger partial charge is 0.276 e. The maximum absolute atomic E-state index is 11.2. The van der Waals surface area contributed by atoms with Crippen LogP contribution in [0.1, 0.15) is 19.4 Å². The van der Waals surface area contributed by atoms with Gasteiger partial charge in [-0.2, -0.15) is 0 Å². The van der Waals surface area contributed by atoms with Gasteiger partial charge in [-0.15, -0.1) is 11.8 Å². The summed E-state index contributed by atoms with van der Waals surface area (Å²) in [6, 6.07) is 9.43. The zero-order valence-corrected chi connectivity index (χ0v) is 15.4. The minimum atomic E-state index is -0.604. The van der Waals surface area contributed by atoms with E-state index in [4.69, 9.17) is 0 Å². The lowest BCUT2D eigenvalue weighted by Crippen LogP contribution is -2.18. The van der Waals surface area contributed by atoms with Gasteiger partial charge in [0.25, 0.3) is 11.4 Å². The third-order valence-corrected chi connectivity index (χ3v) is 5.58. The molecule has 2 aromatic rings. The van der Waals surface area contributed by atoms with Gasteiger partial charge in [0.2, 0.25) is 0 Å². The highest BCUT2D eigenvalue weighted by Gasteiger charge is 2.25. The number of para-hydroxylation sites is 1. The molecular weight excluding hydrogens is 354 g/mol. The van der Waals surface area contributed by atoms with Crippen LogP contribution < -0.4 is 4.90 Å². The van der Waals surface area contributed by atoms with E-state index >= 15 is 0 Å². The summed E-state index contributed by atoms with van der Waals surface area (Å²) in [6.45, 7) is 6.05. The number of allylic oxidation sites excluding steroid dienone is 2. The number of non-ortho nitro benzene ring substituents is 2. The molecule has 0 amide bonds. The molecular formula is C18H17N3O4S. The zero-order chi connectivity index (χ0) is 19.0. The maximum Gasteiger partial charge on any atom is 0.276 e. The monoisotopic (exact) mass is 371 g/mol. The van der Waals surface area contributed by atoms with E-state index < -0.39 is 9.85 Å². The zero-order valence-electron chi connectivity index (χ0n) is 14.6. The van der Waals surface area contributed by atoms with Crippen LogP contribution in [-0.4, -0.2) is 15.7 Å². The van der Waals surface area contributed by atoms with Gasteiger partial charge in [-0.25, -0.2) is 0 Å². The molecule has 0 fully saturated rings. The first kappa shape index (κ1) is 17.9. The molecule has 0 saturated carbocycles. The van der Waals surface area contributed by atoms with E-state index in [0.29, 0.717) is 5.56 Å². The van der Waals surface area contributed by atoms with E-state index in [1.807, 2.05) is 32.0 Å². The number of nitro groups is 2. The minimum Gasteiger partial charge on any atom is -0.334 e. The Morgan fingerprint density at radius 3 is 2.12 bits per heavy atom. The van der Waals surface area contributed by atoms with Crippen LogP contribution in [0, 0.1) is 27.2 Å². The van der Waals surface area contributed by atoms with Crippen molar-refractivity contribution in [2.75, 3.05) is 10.8 Å². The van der Waals surface area contributed by atoms with Gasteiger partial charge in [-0.05, 0) is 31.9 Å². The molecule has 0 saturated heterocycles. The largest absolute Gasteiger partial charge is 0.334 e. The summed E-state index contributed by atoms with van der Waals surface area (Å²) in [7, 11) is 0. The molecule has 3 rings (SSSR count). The average Bonchev–Trinajstić information content (AvgIpc) is 2.93. The van der Waals surface area contributed by atoms with Crippen molar-refractivity contribution in [2.45, 2.75) is 20.8 Å². The van der Waals surface area contributed by atoms with Gasteiger partial charge in [0.1, 0.15) is 0 Å². The van der Waals surface area contributed by atoms with E-state index in [9.17, 15) is 20.2 Å². The van der Waals surface area contributed by atoms with Crippen LogP contribution in [0.15, 0.2) is 47.0 Å². The van der Waals surface area contributed by atoms with Crippen LogP contribution in [0.3, 0.4) is 0 Å². The molecule has 26 heavy (non-hydrogen) atoms. The number of hydrogen-bond acceptors (Lipinski definition) is 6. The molecule has 1 aliphatic heterocycles. The molecule has 1 heterocycles. The Kier molecular flexibility index (Phi) is 4.69.